The van der Waals surface area contributed by atoms with E-state index < -0.39 is 0 Å². The van der Waals surface area contributed by atoms with Gasteiger partial charge in [-0.3, -0.25) is 10.1 Å². The van der Waals surface area contributed by atoms with E-state index in [0.717, 1.165) is 0 Å². The highest BCUT2D eigenvalue weighted by Gasteiger charge is 2.37. The Hall–Kier alpha value is -1.81. The Morgan fingerprint density at radius 2 is 1.96 bits per heavy atom. The lowest BCUT2D eigenvalue weighted by Gasteiger charge is -2.36. The van der Waals surface area contributed by atoms with Crippen LogP contribution in [0.25, 0.3) is 10.9 Å². The lowest BCUT2D eigenvalue weighted by Crippen LogP contribution is -2.47. The van der Waals surface area contributed by atoms with Crippen molar-refractivity contribution in [1.82, 2.24) is 10.3 Å². The summed E-state index contributed by atoms with van der Waals surface area (Å²) in [6.07, 6.45) is 7.10. The van der Waals surface area contributed by atoms with Crippen molar-refractivity contribution in [2.45, 2.75) is 50.6 Å². The SMILES string of the molecule is COC(=O)[C@H]1Cc2c([nH]c3ccccc23)[C@H](C2CCCCC2)N1. The standard InChI is InChI=1S/C19H24N2O2/c1-23-19(22)16-11-14-13-9-5-6-10-15(13)20-18(14)17(21-16)12-7-3-2-4-8-12/h5-6,9-10,12,16-17,20-21H,2-4,7-8,11H2,1H3/t16-,17+/m1/s1. The molecule has 0 radical (unpaired) electrons. The molecule has 1 aliphatic carbocycles. The lowest BCUT2D eigenvalue weighted by atomic mass is 9.79. The van der Waals surface area contributed by atoms with Crippen LogP contribution in [0.3, 0.4) is 0 Å². The van der Waals surface area contributed by atoms with Gasteiger partial charge < -0.3 is 9.72 Å². The fourth-order valence-corrected chi connectivity index (χ4v) is 4.40. The molecule has 2 aliphatic rings. The number of methoxy groups -OCH3 is 1. The van der Waals surface area contributed by atoms with E-state index in [1.165, 1.54) is 61.4 Å². The molecule has 4 rings (SSSR count). The van der Waals surface area contributed by atoms with E-state index >= 15 is 0 Å². The number of carbonyl (C=O) groups is 1. The van der Waals surface area contributed by atoms with Gasteiger partial charge in [0.2, 0.25) is 0 Å². The minimum Gasteiger partial charge on any atom is -0.468 e. The van der Waals surface area contributed by atoms with Crippen LogP contribution in [0, 0.1) is 5.92 Å². The number of ether oxygens (including phenoxy) is 1. The number of esters is 1. The topological polar surface area (TPSA) is 54.1 Å². The number of aromatic amines is 1. The summed E-state index contributed by atoms with van der Waals surface area (Å²) in [5, 5.41) is 4.83. The summed E-state index contributed by atoms with van der Waals surface area (Å²) < 4.78 is 5.02. The van der Waals surface area contributed by atoms with Crippen molar-refractivity contribution in [3.63, 3.8) is 0 Å². The van der Waals surface area contributed by atoms with Gasteiger partial charge in [-0.25, -0.2) is 0 Å². The second kappa shape index (κ2) is 6.00. The number of aromatic nitrogens is 1. The van der Waals surface area contributed by atoms with E-state index in [0.29, 0.717) is 12.3 Å². The second-order valence-electron chi connectivity index (χ2n) is 6.89. The van der Waals surface area contributed by atoms with Crippen LogP contribution in [0.2, 0.25) is 0 Å². The van der Waals surface area contributed by atoms with E-state index in [9.17, 15) is 4.79 Å². The monoisotopic (exact) mass is 312 g/mol. The van der Waals surface area contributed by atoms with Gasteiger partial charge in [-0.2, -0.15) is 0 Å². The summed E-state index contributed by atoms with van der Waals surface area (Å²) in [5.74, 6) is 0.449. The highest BCUT2D eigenvalue weighted by atomic mass is 16.5. The van der Waals surface area contributed by atoms with Gasteiger partial charge in [-0.1, -0.05) is 37.5 Å². The molecule has 1 aromatic heterocycles. The number of benzene rings is 1. The molecule has 0 bridgehead atoms. The third-order valence-electron chi connectivity index (χ3n) is 5.55. The fourth-order valence-electron chi connectivity index (χ4n) is 4.40. The maximum atomic E-state index is 12.2. The number of hydrogen-bond acceptors (Lipinski definition) is 3. The Morgan fingerprint density at radius 3 is 2.74 bits per heavy atom. The highest BCUT2D eigenvalue weighted by molar-refractivity contribution is 5.87. The third kappa shape index (κ3) is 2.55. The van der Waals surface area contributed by atoms with Gasteiger partial charge in [0.1, 0.15) is 6.04 Å². The van der Waals surface area contributed by atoms with Crippen molar-refractivity contribution in [1.29, 1.82) is 0 Å². The first-order valence-corrected chi connectivity index (χ1v) is 8.71. The van der Waals surface area contributed by atoms with Gasteiger partial charge in [-0.15, -0.1) is 0 Å². The zero-order valence-corrected chi connectivity index (χ0v) is 13.6. The molecule has 4 nitrogen and oxygen atoms in total. The van der Waals surface area contributed by atoms with Crippen LogP contribution >= 0.6 is 0 Å². The first-order chi connectivity index (χ1) is 11.3. The van der Waals surface area contributed by atoms with E-state index in [2.05, 4.69) is 34.6 Å². The van der Waals surface area contributed by atoms with Crippen LogP contribution in [-0.4, -0.2) is 24.1 Å². The van der Waals surface area contributed by atoms with Crippen molar-refractivity contribution in [2.75, 3.05) is 7.11 Å². The Labute approximate surface area is 136 Å². The van der Waals surface area contributed by atoms with Crippen molar-refractivity contribution in [2.24, 2.45) is 5.92 Å². The number of nitrogens with one attached hydrogen (secondary N) is 2. The molecule has 1 aliphatic heterocycles. The van der Waals surface area contributed by atoms with Crippen LogP contribution in [0.5, 0.6) is 0 Å². The fraction of sp³-hybridized carbons (Fsp3) is 0.526. The maximum Gasteiger partial charge on any atom is 0.323 e. The molecule has 0 amide bonds. The van der Waals surface area contributed by atoms with Crippen molar-refractivity contribution >= 4 is 16.9 Å². The molecule has 0 spiro atoms. The summed E-state index contributed by atoms with van der Waals surface area (Å²) >= 11 is 0. The van der Waals surface area contributed by atoms with Crippen LogP contribution in [0.1, 0.15) is 49.4 Å². The van der Waals surface area contributed by atoms with Crippen LogP contribution in [0.4, 0.5) is 0 Å². The maximum absolute atomic E-state index is 12.2. The van der Waals surface area contributed by atoms with Gasteiger partial charge in [0.05, 0.1) is 13.2 Å². The van der Waals surface area contributed by atoms with Crippen LogP contribution in [0.15, 0.2) is 24.3 Å². The summed E-state index contributed by atoms with van der Waals surface area (Å²) in [7, 11) is 1.48. The molecule has 2 heterocycles. The molecule has 2 N–H and O–H groups in total. The molecule has 1 fully saturated rings. The molecule has 1 saturated carbocycles. The number of H-pyrrole nitrogens is 1. The molecule has 0 saturated heterocycles. The van der Waals surface area contributed by atoms with Gasteiger partial charge in [0, 0.05) is 23.0 Å². The molecule has 1 aromatic carbocycles. The molecule has 4 heteroatoms. The molecule has 0 unspecified atom stereocenters. The van der Waals surface area contributed by atoms with E-state index in [1.807, 2.05) is 0 Å². The van der Waals surface area contributed by atoms with E-state index in [1.54, 1.807) is 0 Å². The number of para-hydroxylation sites is 1. The predicted octanol–water partition coefficient (Wildman–Crippen LogP) is 3.48. The third-order valence-corrected chi connectivity index (χ3v) is 5.55. The summed E-state index contributed by atoms with van der Waals surface area (Å²) in [4.78, 5) is 15.8. The first kappa shape index (κ1) is 14.8. The van der Waals surface area contributed by atoms with Gasteiger partial charge in [0.25, 0.3) is 0 Å². The lowest BCUT2D eigenvalue weighted by molar-refractivity contribution is -0.143. The summed E-state index contributed by atoms with van der Waals surface area (Å²) in [6, 6.07) is 8.40. The minimum atomic E-state index is -0.237. The molecule has 2 atom stereocenters. The average molecular weight is 312 g/mol. The zero-order chi connectivity index (χ0) is 15.8. The Bertz CT molecular complexity index is 715. The summed E-state index contributed by atoms with van der Waals surface area (Å²) in [6.45, 7) is 0. The van der Waals surface area contributed by atoms with Crippen LogP contribution in [-0.2, 0) is 16.0 Å². The van der Waals surface area contributed by atoms with Gasteiger partial charge in [-0.05, 0) is 30.4 Å². The van der Waals surface area contributed by atoms with E-state index in [4.69, 9.17) is 4.74 Å². The second-order valence-corrected chi connectivity index (χ2v) is 6.89. The molecule has 122 valence electrons. The molecule has 2 aromatic rings. The quantitative estimate of drug-likeness (QED) is 0.835. The molecule has 23 heavy (non-hydrogen) atoms. The number of fused-ring (bicyclic) bond motifs is 3. The number of rotatable bonds is 2. The number of carbonyl (C=O) groups excluding carboxylic acids is 1. The Morgan fingerprint density at radius 1 is 1.17 bits per heavy atom. The predicted molar refractivity (Wildman–Crippen MR) is 90.3 cm³/mol. The molecular weight excluding hydrogens is 288 g/mol. The average Bonchev–Trinajstić information content (AvgIpc) is 2.99. The minimum absolute atomic E-state index is 0.151. The number of hydrogen-bond donors (Lipinski definition) is 2. The zero-order valence-electron chi connectivity index (χ0n) is 13.6. The molecular formula is C19H24N2O2. The van der Waals surface area contributed by atoms with Gasteiger partial charge >= 0.3 is 5.97 Å². The van der Waals surface area contributed by atoms with Crippen molar-refractivity contribution < 1.29 is 9.53 Å². The van der Waals surface area contributed by atoms with Gasteiger partial charge in [0.15, 0.2) is 0 Å². The largest absolute Gasteiger partial charge is 0.468 e. The Balaban J connectivity index is 1.77. The van der Waals surface area contributed by atoms with Crippen LogP contribution < -0.4 is 5.32 Å². The van der Waals surface area contributed by atoms with Crippen molar-refractivity contribution in [3.8, 4) is 0 Å². The summed E-state index contributed by atoms with van der Waals surface area (Å²) in [5.41, 5.74) is 3.76. The normalized spacial score (nSPS) is 25.3. The first-order valence-electron chi connectivity index (χ1n) is 8.71. The highest BCUT2D eigenvalue weighted by Crippen LogP contribution is 2.40. The van der Waals surface area contributed by atoms with Crippen molar-refractivity contribution in [3.05, 3.63) is 35.5 Å². The Kier molecular flexibility index (Phi) is 3.85. The van der Waals surface area contributed by atoms with E-state index in [-0.39, 0.29) is 18.1 Å². The smallest absolute Gasteiger partial charge is 0.323 e.